The van der Waals surface area contributed by atoms with Gasteiger partial charge in [-0.3, -0.25) is 4.79 Å². The van der Waals surface area contributed by atoms with Gasteiger partial charge in [-0.1, -0.05) is 12.2 Å². The van der Waals surface area contributed by atoms with E-state index in [0.717, 1.165) is 0 Å². The van der Waals surface area contributed by atoms with Crippen molar-refractivity contribution in [3.63, 3.8) is 0 Å². The van der Waals surface area contributed by atoms with Crippen LogP contribution in [0.25, 0.3) is 0 Å². The Morgan fingerprint density at radius 3 is 2.04 bits per heavy atom. The summed E-state index contributed by atoms with van der Waals surface area (Å²) in [4.78, 5) is 11.0. The number of ether oxygens (including phenoxy) is 1. The van der Waals surface area contributed by atoms with E-state index in [0.29, 0.717) is 23.9 Å². The predicted octanol–water partition coefficient (Wildman–Crippen LogP) is 4.94. The van der Waals surface area contributed by atoms with Crippen molar-refractivity contribution in [1.29, 1.82) is 0 Å². The molecule has 0 atom stereocenters. The topological polar surface area (TPSA) is 26.3 Å². The highest BCUT2D eigenvalue weighted by atomic mass is 32.2. The Morgan fingerprint density at radius 2 is 1.61 bits per heavy atom. The summed E-state index contributed by atoms with van der Waals surface area (Å²) >= 11 is 0.548. The van der Waals surface area contributed by atoms with Gasteiger partial charge in [-0.25, -0.2) is 0 Å². The second kappa shape index (κ2) is 7.76. The second-order valence-corrected chi connectivity index (χ2v) is 5.33. The number of esters is 1. The van der Waals surface area contributed by atoms with E-state index in [1.165, 1.54) is 6.08 Å². The Bertz CT molecular complexity index is 545. The van der Waals surface area contributed by atoms with Crippen LogP contribution in [-0.2, 0) is 21.9 Å². The number of carbonyl (C=O) groups is 1. The molecular formula is C14H12F6O2S. The molecule has 0 aromatic heterocycles. The zero-order valence-electron chi connectivity index (χ0n) is 11.8. The molecule has 1 aromatic rings. The molecule has 0 spiro atoms. The molecule has 0 saturated carbocycles. The fraction of sp³-hybridized carbons (Fsp3) is 0.357. The maximum absolute atomic E-state index is 12.7. The van der Waals surface area contributed by atoms with Gasteiger partial charge in [0.1, 0.15) is 6.61 Å². The van der Waals surface area contributed by atoms with Crippen LogP contribution in [-0.4, -0.2) is 18.3 Å². The number of carbonyl (C=O) groups excluding carboxylic acids is 1. The SMILES string of the molecule is C/C=C/COC(=O)CSc1cc(C(F)(F)F)cc(C(F)(F)F)c1. The van der Waals surface area contributed by atoms with Crippen LogP contribution in [0.1, 0.15) is 18.1 Å². The summed E-state index contributed by atoms with van der Waals surface area (Å²) in [5.41, 5.74) is -2.84. The maximum Gasteiger partial charge on any atom is 0.416 e. The highest BCUT2D eigenvalue weighted by Crippen LogP contribution is 2.38. The molecule has 0 amide bonds. The molecule has 0 N–H and O–H groups in total. The fourth-order valence-electron chi connectivity index (χ4n) is 1.43. The average molecular weight is 358 g/mol. The minimum atomic E-state index is -4.91. The van der Waals surface area contributed by atoms with Crippen molar-refractivity contribution in [2.24, 2.45) is 0 Å². The van der Waals surface area contributed by atoms with Gasteiger partial charge in [-0.15, -0.1) is 11.8 Å². The van der Waals surface area contributed by atoms with E-state index >= 15 is 0 Å². The molecule has 0 saturated heterocycles. The van der Waals surface area contributed by atoms with Crippen molar-refractivity contribution in [1.82, 2.24) is 0 Å². The molecule has 0 unspecified atom stereocenters. The zero-order valence-corrected chi connectivity index (χ0v) is 12.6. The van der Waals surface area contributed by atoms with Crippen molar-refractivity contribution in [2.45, 2.75) is 24.2 Å². The Hall–Kier alpha value is -1.64. The first kappa shape index (κ1) is 19.4. The molecular weight excluding hydrogens is 346 g/mol. The van der Waals surface area contributed by atoms with Gasteiger partial charge in [-0.2, -0.15) is 26.3 Å². The van der Waals surface area contributed by atoms with Crippen molar-refractivity contribution < 1.29 is 35.9 Å². The van der Waals surface area contributed by atoms with Crippen LogP contribution >= 0.6 is 11.8 Å². The quantitative estimate of drug-likeness (QED) is 0.323. The summed E-state index contributed by atoms with van der Waals surface area (Å²) in [5, 5.41) is 0. The van der Waals surface area contributed by atoms with E-state index in [-0.39, 0.29) is 17.6 Å². The van der Waals surface area contributed by atoms with Gasteiger partial charge < -0.3 is 4.74 Å². The van der Waals surface area contributed by atoms with Crippen molar-refractivity contribution >= 4 is 17.7 Å². The molecule has 23 heavy (non-hydrogen) atoms. The largest absolute Gasteiger partial charge is 0.461 e. The lowest BCUT2D eigenvalue weighted by molar-refractivity contribution is -0.143. The lowest BCUT2D eigenvalue weighted by Crippen LogP contribution is -2.11. The number of thioether (sulfide) groups is 1. The average Bonchev–Trinajstić information content (AvgIpc) is 2.43. The summed E-state index contributed by atoms with van der Waals surface area (Å²) in [5.74, 6) is -1.13. The van der Waals surface area contributed by atoms with Crippen molar-refractivity contribution in [3.05, 3.63) is 41.5 Å². The highest BCUT2D eigenvalue weighted by molar-refractivity contribution is 8.00. The predicted molar refractivity (Wildman–Crippen MR) is 72.9 cm³/mol. The van der Waals surface area contributed by atoms with Crippen LogP contribution in [0.4, 0.5) is 26.3 Å². The molecule has 2 nitrogen and oxygen atoms in total. The standard InChI is InChI=1S/C14H12F6O2S/c1-2-3-4-22-12(21)8-23-11-6-9(13(15,16)17)5-10(7-11)14(18,19)20/h2-3,5-7H,4,8H2,1H3/b3-2+. The third-order valence-electron chi connectivity index (χ3n) is 2.49. The maximum atomic E-state index is 12.7. The normalized spacial score (nSPS) is 12.7. The zero-order chi connectivity index (χ0) is 17.7. The van der Waals surface area contributed by atoms with E-state index < -0.39 is 35.2 Å². The summed E-state index contributed by atoms with van der Waals surface area (Å²) in [6.45, 7) is 1.69. The van der Waals surface area contributed by atoms with Crippen LogP contribution < -0.4 is 0 Å². The molecule has 0 aliphatic carbocycles. The van der Waals surface area contributed by atoms with E-state index in [9.17, 15) is 31.1 Å². The Labute approximate surface area is 132 Å². The Balaban J connectivity index is 2.91. The molecule has 0 radical (unpaired) electrons. The minimum Gasteiger partial charge on any atom is -0.461 e. The summed E-state index contributed by atoms with van der Waals surface area (Å²) in [7, 11) is 0. The number of hydrogen-bond donors (Lipinski definition) is 0. The number of halogens is 6. The number of hydrogen-bond acceptors (Lipinski definition) is 3. The molecule has 0 heterocycles. The number of allylic oxidation sites excluding steroid dienone is 1. The van der Waals surface area contributed by atoms with Gasteiger partial charge >= 0.3 is 18.3 Å². The fourth-order valence-corrected chi connectivity index (χ4v) is 2.22. The van der Waals surface area contributed by atoms with Gasteiger partial charge in [-0.05, 0) is 25.1 Å². The monoisotopic (exact) mass is 358 g/mol. The lowest BCUT2D eigenvalue weighted by atomic mass is 10.1. The number of alkyl halides is 6. The molecule has 128 valence electrons. The molecule has 0 bridgehead atoms. The van der Waals surface area contributed by atoms with Crippen LogP contribution in [0.2, 0.25) is 0 Å². The van der Waals surface area contributed by atoms with Gasteiger partial charge in [0.25, 0.3) is 0 Å². The second-order valence-electron chi connectivity index (χ2n) is 4.28. The molecule has 9 heteroatoms. The summed E-state index contributed by atoms with van der Waals surface area (Å²) < 4.78 is 80.7. The first-order chi connectivity index (χ1) is 10.5. The van der Waals surface area contributed by atoms with Crippen LogP contribution in [0.5, 0.6) is 0 Å². The first-order valence-electron chi connectivity index (χ1n) is 6.23. The molecule has 0 fully saturated rings. The summed E-state index contributed by atoms with van der Waals surface area (Å²) in [6.07, 6.45) is -6.66. The minimum absolute atomic E-state index is 0.00765. The van der Waals surface area contributed by atoms with Crippen LogP contribution in [0, 0.1) is 0 Å². The smallest absolute Gasteiger partial charge is 0.416 e. The Morgan fingerprint density at radius 1 is 1.09 bits per heavy atom. The number of benzene rings is 1. The van der Waals surface area contributed by atoms with E-state index in [4.69, 9.17) is 4.74 Å². The van der Waals surface area contributed by atoms with Crippen molar-refractivity contribution in [3.8, 4) is 0 Å². The summed E-state index contributed by atoms with van der Waals surface area (Å²) in [6, 6.07) is 1.17. The Kier molecular flexibility index (Phi) is 6.55. The molecule has 0 aliphatic rings. The lowest BCUT2D eigenvalue weighted by Gasteiger charge is -2.13. The van der Waals surface area contributed by atoms with Gasteiger partial charge in [0.05, 0.1) is 16.9 Å². The highest BCUT2D eigenvalue weighted by Gasteiger charge is 2.36. The van der Waals surface area contributed by atoms with E-state index in [2.05, 4.69) is 0 Å². The van der Waals surface area contributed by atoms with Gasteiger partial charge in [0.2, 0.25) is 0 Å². The van der Waals surface area contributed by atoms with E-state index in [1.54, 1.807) is 13.0 Å². The number of rotatable bonds is 5. The van der Waals surface area contributed by atoms with Gasteiger partial charge in [0, 0.05) is 4.90 Å². The molecule has 0 aliphatic heterocycles. The first-order valence-corrected chi connectivity index (χ1v) is 7.21. The van der Waals surface area contributed by atoms with E-state index in [1.807, 2.05) is 0 Å². The molecule has 1 rings (SSSR count). The van der Waals surface area contributed by atoms with Gasteiger partial charge in [0.15, 0.2) is 0 Å². The van der Waals surface area contributed by atoms with Crippen LogP contribution in [0.15, 0.2) is 35.2 Å². The van der Waals surface area contributed by atoms with Crippen LogP contribution in [0.3, 0.4) is 0 Å². The third-order valence-corrected chi connectivity index (χ3v) is 3.44. The van der Waals surface area contributed by atoms with Crippen molar-refractivity contribution in [2.75, 3.05) is 12.4 Å². The third kappa shape index (κ3) is 6.55. The molecule has 1 aromatic carbocycles.